The van der Waals surface area contributed by atoms with E-state index >= 15 is 0 Å². The summed E-state index contributed by atoms with van der Waals surface area (Å²) in [6.45, 7) is 0. The Balaban J connectivity index is 2.55. The first kappa shape index (κ1) is 9.65. The third-order valence-electron chi connectivity index (χ3n) is 2.60. The smallest absolute Gasteiger partial charge is 0.142 e. The molecule has 1 aliphatic rings. The molecule has 3 nitrogen and oxygen atoms in total. The zero-order valence-electron chi connectivity index (χ0n) is 7.79. The summed E-state index contributed by atoms with van der Waals surface area (Å²) in [4.78, 5) is 15.0. The average Bonchev–Trinajstić information content (AvgIpc) is 2.98. The summed E-state index contributed by atoms with van der Waals surface area (Å²) in [5.41, 5.74) is 0.609. The van der Waals surface area contributed by atoms with Crippen molar-refractivity contribution in [3.8, 4) is 5.75 Å². The summed E-state index contributed by atoms with van der Waals surface area (Å²) >= 11 is 3.40. The van der Waals surface area contributed by atoms with Gasteiger partial charge in [-0.25, -0.2) is 0 Å². The fraction of sp³-hybridized carbons (Fsp3) is 0.400. The Morgan fingerprint density at radius 1 is 1.57 bits per heavy atom. The monoisotopic (exact) mass is 255 g/mol. The van der Waals surface area contributed by atoms with Crippen LogP contribution in [0.5, 0.6) is 5.75 Å². The fourth-order valence-electron chi connectivity index (χ4n) is 1.62. The van der Waals surface area contributed by atoms with Crippen LogP contribution in [0.15, 0.2) is 16.9 Å². The van der Waals surface area contributed by atoms with Gasteiger partial charge in [-0.15, -0.1) is 0 Å². The van der Waals surface area contributed by atoms with Crippen molar-refractivity contribution in [1.29, 1.82) is 0 Å². The minimum absolute atomic E-state index is 0.326. The van der Waals surface area contributed by atoms with Crippen LogP contribution in [0.25, 0.3) is 0 Å². The molecule has 0 atom stereocenters. The van der Waals surface area contributed by atoms with Crippen LogP contribution in [-0.4, -0.2) is 18.4 Å². The van der Waals surface area contributed by atoms with Gasteiger partial charge in [0.25, 0.3) is 0 Å². The zero-order chi connectivity index (χ0) is 10.2. The second-order valence-corrected chi connectivity index (χ2v) is 4.33. The molecule has 0 radical (unpaired) electrons. The molecule has 1 aliphatic carbocycles. The molecule has 0 amide bonds. The zero-order valence-corrected chi connectivity index (χ0v) is 9.37. The molecule has 1 aromatic heterocycles. The number of carbonyl (C=O) groups is 1. The van der Waals surface area contributed by atoms with Crippen LogP contribution in [0.1, 0.15) is 18.4 Å². The highest BCUT2D eigenvalue weighted by Gasteiger charge is 2.47. The van der Waals surface area contributed by atoms with Crippen molar-refractivity contribution in [2.45, 2.75) is 18.3 Å². The number of methoxy groups -OCH3 is 1. The predicted octanol–water partition coefficient (Wildman–Crippen LogP) is 2.08. The number of hydrogen-bond donors (Lipinski definition) is 0. The number of carbonyl (C=O) groups excluding carboxylic acids is 1. The SMILES string of the molecule is COc1cncc(Br)c1C1(C=O)CC1. The second kappa shape index (κ2) is 3.35. The van der Waals surface area contributed by atoms with E-state index < -0.39 is 0 Å². The fourth-order valence-corrected chi connectivity index (χ4v) is 2.33. The second-order valence-electron chi connectivity index (χ2n) is 3.47. The Hall–Kier alpha value is -0.900. The first-order valence-corrected chi connectivity index (χ1v) is 5.17. The maximum atomic E-state index is 11.0. The molecule has 1 saturated carbocycles. The van der Waals surface area contributed by atoms with E-state index in [1.165, 1.54) is 0 Å². The Labute approximate surface area is 90.6 Å². The summed E-state index contributed by atoms with van der Waals surface area (Å²) in [7, 11) is 1.59. The van der Waals surface area contributed by atoms with Crippen molar-refractivity contribution in [1.82, 2.24) is 4.98 Å². The highest BCUT2D eigenvalue weighted by Crippen LogP contribution is 2.51. The molecule has 74 valence electrons. The van der Waals surface area contributed by atoms with E-state index in [1.54, 1.807) is 19.5 Å². The van der Waals surface area contributed by atoms with Crippen molar-refractivity contribution in [2.75, 3.05) is 7.11 Å². The summed E-state index contributed by atoms with van der Waals surface area (Å²) in [5, 5.41) is 0. The van der Waals surface area contributed by atoms with Crippen LogP contribution < -0.4 is 4.74 Å². The van der Waals surface area contributed by atoms with Crippen LogP contribution >= 0.6 is 15.9 Å². The molecular formula is C10H10BrNO2. The molecule has 1 aromatic rings. The number of rotatable bonds is 3. The van der Waals surface area contributed by atoms with Gasteiger partial charge in [-0.2, -0.15) is 0 Å². The molecule has 0 aromatic carbocycles. The van der Waals surface area contributed by atoms with Crippen LogP contribution in [0.4, 0.5) is 0 Å². The van der Waals surface area contributed by atoms with Crippen molar-refractivity contribution in [3.05, 3.63) is 22.4 Å². The highest BCUT2D eigenvalue weighted by molar-refractivity contribution is 9.10. The molecule has 0 spiro atoms. The van der Waals surface area contributed by atoms with Crippen LogP contribution in [0.3, 0.4) is 0 Å². The van der Waals surface area contributed by atoms with E-state index in [9.17, 15) is 4.79 Å². The van der Waals surface area contributed by atoms with Crippen LogP contribution in [0, 0.1) is 0 Å². The number of nitrogens with zero attached hydrogens (tertiary/aromatic N) is 1. The van der Waals surface area contributed by atoms with E-state index in [1.807, 2.05) is 0 Å². The highest BCUT2D eigenvalue weighted by atomic mass is 79.9. The topological polar surface area (TPSA) is 39.2 Å². The Morgan fingerprint density at radius 3 is 2.79 bits per heavy atom. The van der Waals surface area contributed by atoms with Gasteiger partial charge in [-0.05, 0) is 28.8 Å². The number of hydrogen-bond acceptors (Lipinski definition) is 3. The number of pyridine rings is 1. The predicted molar refractivity (Wildman–Crippen MR) is 55.5 cm³/mol. The van der Waals surface area contributed by atoms with Crippen molar-refractivity contribution in [2.24, 2.45) is 0 Å². The molecule has 0 bridgehead atoms. The maximum absolute atomic E-state index is 11.0. The van der Waals surface area contributed by atoms with Gasteiger partial charge in [0.1, 0.15) is 12.0 Å². The van der Waals surface area contributed by atoms with Gasteiger partial charge in [-0.1, -0.05) is 0 Å². The van der Waals surface area contributed by atoms with Gasteiger partial charge in [0, 0.05) is 16.2 Å². The molecular weight excluding hydrogens is 246 g/mol. The van der Waals surface area contributed by atoms with Crippen molar-refractivity contribution in [3.63, 3.8) is 0 Å². The lowest BCUT2D eigenvalue weighted by Crippen LogP contribution is -2.11. The molecule has 0 N–H and O–H groups in total. The Morgan fingerprint density at radius 2 is 2.29 bits per heavy atom. The lowest BCUT2D eigenvalue weighted by atomic mass is 9.98. The molecule has 1 fully saturated rings. The Bertz CT molecular complexity index is 374. The van der Waals surface area contributed by atoms with E-state index in [4.69, 9.17) is 4.74 Å². The molecule has 14 heavy (non-hydrogen) atoms. The van der Waals surface area contributed by atoms with E-state index in [0.29, 0.717) is 5.75 Å². The van der Waals surface area contributed by atoms with Gasteiger partial charge in [0.15, 0.2) is 0 Å². The number of aromatic nitrogens is 1. The first-order chi connectivity index (χ1) is 6.73. The number of ether oxygens (including phenoxy) is 1. The molecule has 0 unspecified atom stereocenters. The van der Waals surface area contributed by atoms with E-state index in [2.05, 4.69) is 20.9 Å². The minimum atomic E-state index is -0.326. The molecule has 0 saturated heterocycles. The van der Waals surface area contributed by atoms with E-state index in [0.717, 1.165) is 29.2 Å². The summed E-state index contributed by atoms with van der Waals surface area (Å²) in [6.07, 6.45) is 6.14. The molecule has 1 heterocycles. The number of halogens is 1. The van der Waals surface area contributed by atoms with E-state index in [-0.39, 0.29) is 5.41 Å². The maximum Gasteiger partial charge on any atom is 0.142 e. The van der Waals surface area contributed by atoms with Gasteiger partial charge in [-0.3, -0.25) is 4.98 Å². The van der Waals surface area contributed by atoms with Gasteiger partial charge >= 0.3 is 0 Å². The van der Waals surface area contributed by atoms with Crippen molar-refractivity contribution >= 4 is 22.2 Å². The summed E-state index contributed by atoms with van der Waals surface area (Å²) in [6, 6.07) is 0. The minimum Gasteiger partial charge on any atom is -0.495 e. The third-order valence-corrected chi connectivity index (χ3v) is 3.20. The largest absolute Gasteiger partial charge is 0.495 e. The van der Waals surface area contributed by atoms with Gasteiger partial charge < -0.3 is 9.53 Å². The third kappa shape index (κ3) is 1.34. The van der Waals surface area contributed by atoms with Gasteiger partial charge in [0.05, 0.1) is 18.7 Å². The summed E-state index contributed by atoms with van der Waals surface area (Å²) in [5.74, 6) is 0.684. The quantitative estimate of drug-likeness (QED) is 0.777. The normalized spacial score (nSPS) is 17.6. The van der Waals surface area contributed by atoms with Gasteiger partial charge in [0.2, 0.25) is 0 Å². The van der Waals surface area contributed by atoms with Crippen molar-refractivity contribution < 1.29 is 9.53 Å². The molecule has 0 aliphatic heterocycles. The molecule has 4 heteroatoms. The van der Waals surface area contributed by atoms with Crippen LogP contribution in [-0.2, 0) is 10.2 Å². The average molecular weight is 256 g/mol. The molecule has 2 rings (SSSR count). The standard InChI is InChI=1S/C10H10BrNO2/c1-14-8-5-12-4-7(11)9(8)10(6-13)2-3-10/h4-6H,2-3H2,1H3. The number of aldehydes is 1. The Kier molecular flexibility index (Phi) is 2.31. The lowest BCUT2D eigenvalue weighted by Gasteiger charge is -2.14. The lowest BCUT2D eigenvalue weighted by molar-refractivity contribution is -0.109. The first-order valence-electron chi connectivity index (χ1n) is 4.38. The summed E-state index contributed by atoms with van der Waals surface area (Å²) < 4.78 is 6.05. The van der Waals surface area contributed by atoms with Crippen LogP contribution in [0.2, 0.25) is 0 Å².